The fourth-order valence-corrected chi connectivity index (χ4v) is 1.79. The molecule has 16 heavy (non-hydrogen) atoms. The molecule has 0 saturated carbocycles. The molecule has 0 aliphatic heterocycles. The first-order valence-electron chi connectivity index (χ1n) is 4.70. The maximum absolute atomic E-state index is 11.5. The number of aryl methyl sites for hydroxylation is 1. The highest BCUT2D eigenvalue weighted by atomic mass is 32.1. The Bertz CT molecular complexity index is 482. The molecule has 2 aromatic rings. The van der Waals surface area contributed by atoms with E-state index in [9.17, 15) is 4.79 Å². The van der Waals surface area contributed by atoms with E-state index >= 15 is 0 Å². The second kappa shape index (κ2) is 4.76. The molecule has 0 aliphatic carbocycles. The Labute approximate surface area is 97.0 Å². The van der Waals surface area contributed by atoms with Gasteiger partial charge in [0.2, 0.25) is 0 Å². The quantitative estimate of drug-likeness (QED) is 0.868. The van der Waals surface area contributed by atoms with E-state index in [1.807, 2.05) is 13.0 Å². The summed E-state index contributed by atoms with van der Waals surface area (Å²) in [6.45, 7) is 1.83. The van der Waals surface area contributed by atoms with Crippen LogP contribution in [0.2, 0.25) is 0 Å². The fourth-order valence-electron chi connectivity index (χ4n) is 1.14. The molecule has 1 aromatic carbocycles. The summed E-state index contributed by atoms with van der Waals surface area (Å²) in [5.41, 5.74) is 1.47. The van der Waals surface area contributed by atoms with Gasteiger partial charge in [-0.3, -0.25) is 5.32 Å². The molecular weight excluding hydrogens is 224 g/mol. The van der Waals surface area contributed by atoms with Gasteiger partial charge in [-0.1, -0.05) is 18.2 Å². The van der Waals surface area contributed by atoms with Gasteiger partial charge in [0.05, 0.1) is 11.4 Å². The number of hydrogen-bond acceptors (Lipinski definition) is 4. The average molecular weight is 234 g/mol. The minimum Gasteiger partial charge on any atom is -0.410 e. The van der Waals surface area contributed by atoms with E-state index in [-0.39, 0.29) is 0 Å². The number of rotatable bonds is 2. The molecule has 0 saturated heterocycles. The molecule has 0 unspecified atom stereocenters. The molecule has 2 rings (SSSR count). The third-order valence-corrected chi connectivity index (χ3v) is 2.66. The van der Waals surface area contributed by atoms with Gasteiger partial charge in [-0.15, -0.1) is 0 Å². The summed E-state index contributed by atoms with van der Waals surface area (Å²) < 4.78 is 9.12. The number of amides is 1. The highest BCUT2D eigenvalue weighted by Gasteiger charge is 2.07. The molecule has 0 fully saturated rings. The van der Waals surface area contributed by atoms with Crippen LogP contribution in [0.4, 0.5) is 10.5 Å². The largest absolute Gasteiger partial charge is 0.417 e. The highest BCUT2D eigenvalue weighted by molar-refractivity contribution is 7.04. The zero-order chi connectivity index (χ0) is 11.4. The molecule has 0 bridgehead atoms. The van der Waals surface area contributed by atoms with Gasteiger partial charge in [0.25, 0.3) is 0 Å². The first kappa shape index (κ1) is 10.6. The summed E-state index contributed by atoms with van der Waals surface area (Å²) in [6, 6.07) is 8.91. The van der Waals surface area contributed by atoms with E-state index in [1.54, 1.807) is 29.6 Å². The van der Waals surface area contributed by atoms with Crippen LogP contribution in [0.15, 0.2) is 35.7 Å². The molecule has 82 valence electrons. The molecule has 0 radical (unpaired) electrons. The van der Waals surface area contributed by atoms with Gasteiger partial charge in [-0.05, 0) is 30.6 Å². The predicted octanol–water partition coefficient (Wildman–Crippen LogP) is 3.06. The van der Waals surface area contributed by atoms with Crippen molar-refractivity contribution in [3.05, 3.63) is 41.4 Å². The summed E-state index contributed by atoms with van der Waals surface area (Å²) in [5, 5.41) is 4.39. The van der Waals surface area contributed by atoms with Crippen LogP contribution >= 0.6 is 11.5 Å². The maximum atomic E-state index is 11.5. The number of aromatic nitrogens is 1. The van der Waals surface area contributed by atoms with Crippen LogP contribution in [0.1, 0.15) is 5.69 Å². The number of nitrogens with one attached hydrogen (secondary N) is 1. The van der Waals surface area contributed by atoms with E-state index < -0.39 is 6.09 Å². The lowest BCUT2D eigenvalue weighted by Gasteiger charge is -2.04. The van der Waals surface area contributed by atoms with E-state index in [0.717, 1.165) is 5.69 Å². The molecule has 5 heteroatoms. The summed E-state index contributed by atoms with van der Waals surface area (Å²) >= 11 is 1.29. The van der Waals surface area contributed by atoms with E-state index in [2.05, 4.69) is 9.69 Å². The molecule has 1 amide bonds. The van der Waals surface area contributed by atoms with Crippen LogP contribution in [-0.2, 0) is 0 Å². The Kier molecular flexibility index (Phi) is 3.16. The van der Waals surface area contributed by atoms with Gasteiger partial charge in [0.1, 0.15) is 5.75 Å². The van der Waals surface area contributed by atoms with Crippen LogP contribution in [0.25, 0.3) is 0 Å². The topological polar surface area (TPSA) is 51.2 Å². The first-order chi connectivity index (χ1) is 7.75. The van der Waals surface area contributed by atoms with Crippen molar-refractivity contribution in [1.82, 2.24) is 4.37 Å². The molecule has 1 N–H and O–H groups in total. The SMILES string of the molecule is Cc1nscc1NC(=O)Oc1ccccc1. The molecule has 1 heterocycles. The highest BCUT2D eigenvalue weighted by Crippen LogP contribution is 2.16. The van der Waals surface area contributed by atoms with Crippen LogP contribution in [0.5, 0.6) is 5.75 Å². The second-order valence-electron chi connectivity index (χ2n) is 3.14. The van der Waals surface area contributed by atoms with Gasteiger partial charge in [-0.25, -0.2) is 4.79 Å². The zero-order valence-electron chi connectivity index (χ0n) is 8.64. The minimum absolute atomic E-state index is 0.505. The molecule has 0 atom stereocenters. The monoisotopic (exact) mass is 234 g/mol. The van der Waals surface area contributed by atoms with Crippen LogP contribution < -0.4 is 10.1 Å². The third kappa shape index (κ3) is 2.58. The number of anilines is 1. The van der Waals surface area contributed by atoms with E-state index in [1.165, 1.54) is 11.5 Å². The number of benzene rings is 1. The lowest BCUT2D eigenvalue weighted by atomic mass is 10.3. The molecule has 0 spiro atoms. The predicted molar refractivity (Wildman–Crippen MR) is 62.9 cm³/mol. The molecule has 0 aliphatic rings. The Balaban J connectivity index is 1.98. The van der Waals surface area contributed by atoms with Crippen molar-refractivity contribution in [2.24, 2.45) is 0 Å². The van der Waals surface area contributed by atoms with Gasteiger partial charge in [0, 0.05) is 5.38 Å². The van der Waals surface area contributed by atoms with Crippen LogP contribution in [-0.4, -0.2) is 10.5 Å². The summed E-state index contributed by atoms with van der Waals surface area (Å²) in [5.74, 6) is 0.515. The van der Waals surface area contributed by atoms with Crippen molar-refractivity contribution in [1.29, 1.82) is 0 Å². The normalized spacial score (nSPS) is 9.81. The maximum Gasteiger partial charge on any atom is 0.417 e. The Morgan fingerprint density at radius 3 is 2.75 bits per heavy atom. The third-order valence-electron chi connectivity index (χ3n) is 1.94. The number of carbonyl (C=O) groups is 1. The van der Waals surface area contributed by atoms with Crippen molar-refractivity contribution in [2.45, 2.75) is 6.92 Å². The second-order valence-corrected chi connectivity index (χ2v) is 3.77. The van der Waals surface area contributed by atoms with Crippen molar-refractivity contribution >= 4 is 23.3 Å². The van der Waals surface area contributed by atoms with Crippen molar-refractivity contribution in [3.8, 4) is 5.75 Å². The Morgan fingerprint density at radius 1 is 1.38 bits per heavy atom. The van der Waals surface area contributed by atoms with E-state index in [0.29, 0.717) is 11.4 Å². The van der Waals surface area contributed by atoms with Gasteiger partial charge < -0.3 is 4.74 Å². The van der Waals surface area contributed by atoms with Gasteiger partial charge >= 0.3 is 6.09 Å². The number of carbonyl (C=O) groups excluding carboxylic acids is 1. The number of para-hydroxylation sites is 1. The average Bonchev–Trinajstić information content (AvgIpc) is 2.66. The zero-order valence-corrected chi connectivity index (χ0v) is 9.45. The fraction of sp³-hybridized carbons (Fsp3) is 0.0909. The lowest BCUT2D eigenvalue weighted by Crippen LogP contribution is -2.16. The van der Waals surface area contributed by atoms with E-state index in [4.69, 9.17) is 4.74 Å². The Hall–Kier alpha value is -1.88. The van der Waals surface area contributed by atoms with Crippen molar-refractivity contribution in [2.75, 3.05) is 5.32 Å². The minimum atomic E-state index is -0.505. The van der Waals surface area contributed by atoms with Crippen LogP contribution in [0, 0.1) is 6.92 Å². The summed E-state index contributed by atoms with van der Waals surface area (Å²) in [6.07, 6.45) is -0.505. The van der Waals surface area contributed by atoms with Crippen molar-refractivity contribution in [3.63, 3.8) is 0 Å². The van der Waals surface area contributed by atoms with Gasteiger partial charge in [-0.2, -0.15) is 4.37 Å². The van der Waals surface area contributed by atoms with Gasteiger partial charge in [0.15, 0.2) is 0 Å². The Morgan fingerprint density at radius 2 is 2.12 bits per heavy atom. The smallest absolute Gasteiger partial charge is 0.410 e. The van der Waals surface area contributed by atoms with Crippen LogP contribution in [0.3, 0.4) is 0 Å². The standard InChI is InChI=1S/C11H10N2O2S/c1-8-10(7-16-13-8)12-11(14)15-9-5-3-2-4-6-9/h2-7H,1H3,(H,12,14). The number of nitrogens with zero attached hydrogens (tertiary/aromatic N) is 1. The molecular formula is C11H10N2O2S. The summed E-state index contributed by atoms with van der Waals surface area (Å²) in [4.78, 5) is 11.5. The number of hydrogen-bond donors (Lipinski definition) is 1. The molecule has 4 nitrogen and oxygen atoms in total. The first-order valence-corrected chi connectivity index (χ1v) is 5.54. The lowest BCUT2D eigenvalue weighted by molar-refractivity contribution is 0.215. The van der Waals surface area contributed by atoms with Crippen molar-refractivity contribution < 1.29 is 9.53 Å². The molecule has 1 aromatic heterocycles. The number of ether oxygens (including phenoxy) is 1. The summed E-state index contributed by atoms with van der Waals surface area (Å²) in [7, 11) is 0.